The Morgan fingerprint density at radius 2 is 1.95 bits per heavy atom. The van der Waals surface area contributed by atoms with E-state index in [1.165, 1.54) is 19.3 Å². The van der Waals surface area contributed by atoms with Gasteiger partial charge in [-0.1, -0.05) is 19.4 Å². The quantitative estimate of drug-likeness (QED) is 0.884. The number of anilines is 1. The summed E-state index contributed by atoms with van der Waals surface area (Å²) >= 11 is 0. The normalized spacial score (nSPS) is 24.0. The van der Waals surface area contributed by atoms with Crippen molar-refractivity contribution in [3.8, 4) is 5.88 Å². The monoisotopic (exact) mass is 262 g/mol. The van der Waals surface area contributed by atoms with Crippen molar-refractivity contribution in [3.05, 3.63) is 18.2 Å². The van der Waals surface area contributed by atoms with Gasteiger partial charge in [0.25, 0.3) is 0 Å². The van der Waals surface area contributed by atoms with E-state index in [-0.39, 0.29) is 5.54 Å². The van der Waals surface area contributed by atoms with Gasteiger partial charge in [-0.05, 0) is 52.0 Å². The fourth-order valence-corrected chi connectivity index (χ4v) is 2.55. The highest BCUT2D eigenvalue weighted by atomic mass is 16.5. The van der Waals surface area contributed by atoms with Gasteiger partial charge in [-0.15, -0.1) is 0 Å². The van der Waals surface area contributed by atoms with Crippen LogP contribution in [0.2, 0.25) is 0 Å². The summed E-state index contributed by atoms with van der Waals surface area (Å²) in [5.74, 6) is 2.26. The molecule has 0 amide bonds. The van der Waals surface area contributed by atoms with Crippen LogP contribution < -0.4 is 10.1 Å². The Kier molecular flexibility index (Phi) is 4.33. The van der Waals surface area contributed by atoms with Crippen molar-refractivity contribution >= 4 is 5.82 Å². The zero-order valence-electron chi connectivity index (χ0n) is 12.6. The van der Waals surface area contributed by atoms with Gasteiger partial charge in [0.1, 0.15) is 11.9 Å². The first-order valence-corrected chi connectivity index (χ1v) is 7.36. The maximum Gasteiger partial charge on any atom is 0.215 e. The summed E-state index contributed by atoms with van der Waals surface area (Å²) in [5.41, 5.74) is 0.0176. The van der Waals surface area contributed by atoms with E-state index in [4.69, 9.17) is 4.74 Å². The predicted octanol–water partition coefficient (Wildman–Crippen LogP) is 4.25. The Labute approximate surface area is 116 Å². The lowest BCUT2D eigenvalue weighted by Gasteiger charge is -2.29. The van der Waals surface area contributed by atoms with Gasteiger partial charge in [0.15, 0.2) is 0 Å². The second-order valence-electron chi connectivity index (χ2n) is 6.65. The Balaban J connectivity index is 2.02. The Morgan fingerprint density at radius 1 is 1.21 bits per heavy atom. The molecule has 1 aliphatic carbocycles. The average Bonchev–Trinajstić information content (AvgIpc) is 2.30. The van der Waals surface area contributed by atoms with Crippen molar-refractivity contribution in [1.82, 2.24) is 4.98 Å². The number of nitrogens with one attached hydrogen (secondary N) is 1. The summed E-state index contributed by atoms with van der Waals surface area (Å²) in [5, 5.41) is 3.38. The Morgan fingerprint density at radius 3 is 2.63 bits per heavy atom. The number of hydrogen-bond donors (Lipinski definition) is 1. The molecule has 1 N–H and O–H groups in total. The van der Waals surface area contributed by atoms with Crippen LogP contribution in [0.5, 0.6) is 5.88 Å². The van der Waals surface area contributed by atoms with Crippen LogP contribution in [0.25, 0.3) is 0 Å². The minimum absolute atomic E-state index is 0.0176. The number of hydrogen-bond acceptors (Lipinski definition) is 3. The molecule has 1 aromatic rings. The predicted molar refractivity (Wildman–Crippen MR) is 79.7 cm³/mol. The lowest BCUT2D eigenvalue weighted by Crippen LogP contribution is -2.29. The standard InChI is InChI=1S/C16H26N2O/c1-12-8-5-6-9-13(12)19-15-11-7-10-14(17-15)18-16(2,3)4/h7,10-13H,5-6,8-9H2,1-4H3,(H,17,18). The highest BCUT2D eigenvalue weighted by molar-refractivity contribution is 5.39. The van der Waals surface area contributed by atoms with E-state index in [1.54, 1.807) is 0 Å². The third-order valence-electron chi connectivity index (χ3n) is 3.53. The van der Waals surface area contributed by atoms with Crippen molar-refractivity contribution in [2.75, 3.05) is 5.32 Å². The molecule has 106 valence electrons. The Bertz CT molecular complexity index is 411. The van der Waals surface area contributed by atoms with Crippen molar-refractivity contribution in [2.45, 2.75) is 65.0 Å². The number of pyridine rings is 1. The van der Waals surface area contributed by atoms with Crippen LogP contribution in [0.4, 0.5) is 5.82 Å². The van der Waals surface area contributed by atoms with Crippen LogP contribution in [-0.4, -0.2) is 16.6 Å². The van der Waals surface area contributed by atoms with Crippen LogP contribution in [0.1, 0.15) is 53.4 Å². The molecule has 1 aromatic heterocycles. The summed E-state index contributed by atoms with van der Waals surface area (Å²) in [6.07, 6.45) is 5.35. The van der Waals surface area contributed by atoms with Crippen LogP contribution in [0, 0.1) is 5.92 Å². The molecule has 2 unspecified atom stereocenters. The van der Waals surface area contributed by atoms with E-state index in [9.17, 15) is 0 Å². The number of ether oxygens (including phenoxy) is 1. The average molecular weight is 262 g/mol. The maximum absolute atomic E-state index is 6.07. The first-order chi connectivity index (χ1) is 8.94. The lowest BCUT2D eigenvalue weighted by atomic mass is 9.88. The molecule has 1 aliphatic rings. The van der Waals surface area contributed by atoms with Crippen molar-refractivity contribution in [3.63, 3.8) is 0 Å². The van der Waals surface area contributed by atoms with Crippen LogP contribution >= 0.6 is 0 Å². The smallest absolute Gasteiger partial charge is 0.215 e. The maximum atomic E-state index is 6.07. The second-order valence-corrected chi connectivity index (χ2v) is 6.65. The van der Waals surface area contributed by atoms with E-state index < -0.39 is 0 Å². The largest absolute Gasteiger partial charge is 0.474 e. The fraction of sp³-hybridized carbons (Fsp3) is 0.688. The van der Waals surface area contributed by atoms with Crippen molar-refractivity contribution in [2.24, 2.45) is 5.92 Å². The summed E-state index contributed by atoms with van der Waals surface area (Å²) in [6, 6.07) is 5.95. The van der Waals surface area contributed by atoms with E-state index in [1.807, 2.05) is 18.2 Å². The lowest BCUT2D eigenvalue weighted by molar-refractivity contribution is 0.0977. The van der Waals surface area contributed by atoms with E-state index >= 15 is 0 Å². The molecular formula is C16H26N2O. The highest BCUT2D eigenvalue weighted by Gasteiger charge is 2.23. The van der Waals surface area contributed by atoms with E-state index in [2.05, 4.69) is 38.0 Å². The highest BCUT2D eigenvalue weighted by Crippen LogP contribution is 2.27. The van der Waals surface area contributed by atoms with Gasteiger partial charge in [-0.3, -0.25) is 0 Å². The van der Waals surface area contributed by atoms with Crippen LogP contribution in [0.15, 0.2) is 18.2 Å². The molecule has 2 atom stereocenters. The minimum Gasteiger partial charge on any atom is -0.474 e. The summed E-state index contributed by atoms with van der Waals surface area (Å²) < 4.78 is 6.07. The van der Waals surface area contributed by atoms with Gasteiger partial charge < -0.3 is 10.1 Å². The number of nitrogens with zero attached hydrogens (tertiary/aromatic N) is 1. The molecule has 0 aliphatic heterocycles. The van der Waals surface area contributed by atoms with Gasteiger partial charge in [0, 0.05) is 11.6 Å². The van der Waals surface area contributed by atoms with Crippen LogP contribution in [0.3, 0.4) is 0 Å². The SMILES string of the molecule is CC1CCCCC1Oc1cccc(NC(C)(C)C)n1. The van der Waals surface area contributed by atoms with Gasteiger partial charge in [-0.2, -0.15) is 4.98 Å². The third kappa shape index (κ3) is 4.41. The Hall–Kier alpha value is -1.25. The van der Waals surface area contributed by atoms with Crippen LogP contribution in [-0.2, 0) is 0 Å². The number of aromatic nitrogens is 1. The minimum atomic E-state index is 0.0176. The molecule has 0 bridgehead atoms. The zero-order chi connectivity index (χ0) is 13.9. The molecule has 19 heavy (non-hydrogen) atoms. The second kappa shape index (κ2) is 5.81. The summed E-state index contributed by atoms with van der Waals surface area (Å²) in [4.78, 5) is 4.55. The van der Waals surface area contributed by atoms with Gasteiger partial charge >= 0.3 is 0 Å². The van der Waals surface area contributed by atoms with Crippen molar-refractivity contribution < 1.29 is 4.74 Å². The topological polar surface area (TPSA) is 34.1 Å². The molecule has 0 aromatic carbocycles. The molecule has 0 spiro atoms. The van der Waals surface area contributed by atoms with Gasteiger partial charge in [0.2, 0.25) is 5.88 Å². The van der Waals surface area contributed by atoms with Gasteiger partial charge in [-0.25, -0.2) is 0 Å². The molecule has 0 radical (unpaired) electrons. The molecule has 1 fully saturated rings. The molecule has 3 nitrogen and oxygen atoms in total. The van der Waals surface area contributed by atoms with E-state index in [0.717, 1.165) is 18.1 Å². The molecule has 1 saturated carbocycles. The molecular weight excluding hydrogens is 236 g/mol. The first-order valence-electron chi connectivity index (χ1n) is 7.36. The fourth-order valence-electron chi connectivity index (χ4n) is 2.55. The first kappa shape index (κ1) is 14.2. The zero-order valence-corrected chi connectivity index (χ0v) is 12.6. The molecule has 2 rings (SSSR count). The summed E-state index contributed by atoms with van der Waals surface area (Å²) in [6.45, 7) is 8.67. The number of rotatable bonds is 3. The summed E-state index contributed by atoms with van der Waals surface area (Å²) in [7, 11) is 0. The van der Waals surface area contributed by atoms with E-state index in [0.29, 0.717) is 12.0 Å². The molecule has 0 saturated heterocycles. The molecule has 3 heteroatoms. The molecule has 1 heterocycles. The van der Waals surface area contributed by atoms with Gasteiger partial charge in [0.05, 0.1) is 0 Å². The third-order valence-corrected chi connectivity index (χ3v) is 3.53. The van der Waals surface area contributed by atoms with Crippen molar-refractivity contribution in [1.29, 1.82) is 0 Å².